The summed E-state index contributed by atoms with van der Waals surface area (Å²) in [7, 11) is 0. The topological polar surface area (TPSA) is 64.3 Å². The highest BCUT2D eigenvalue weighted by atomic mass is 16.5. The summed E-state index contributed by atoms with van der Waals surface area (Å²) in [6.07, 6.45) is 2.05. The van der Waals surface area contributed by atoms with E-state index in [4.69, 9.17) is 10.5 Å². The molecule has 0 radical (unpaired) electrons. The van der Waals surface area contributed by atoms with E-state index in [-0.39, 0.29) is 6.04 Å². The van der Waals surface area contributed by atoms with E-state index < -0.39 is 12.0 Å². The van der Waals surface area contributed by atoms with E-state index in [1.807, 2.05) is 31.2 Å². The second kappa shape index (κ2) is 8.59. The minimum absolute atomic E-state index is 0.233. The van der Waals surface area contributed by atoms with Crippen LogP contribution in [0.2, 0.25) is 0 Å². The van der Waals surface area contributed by atoms with Crippen molar-refractivity contribution in [1.82, 2.24) is 5.32 Å². The standard InChI is InChI=1S/C16H26N2O2/c1-4-11-18-13(5-2)12-9-7-8-10-15(12)20-14(6-3)16(17)19/h7-10,13-14,18H,4-6,11H2,1-3H3,(H2,17,19). The number of para-hydroxylation sites is 1. The van der Waals surface area contributed by atoms with Crippen molar-refractivity contribution in [3.8, 4) is 5.75 Å². The molecule has 0 fully saturated rings. The Bertz CT molecular complexity index is 421. The highest BCUT2D eigenvalue weighted by Gasteiger charge is 2.19. The predicted molar refractivity (Wildman–Crippen MR) is 81.7 cm³/mol. The van der Waals surface area contributed by atoms with Crippen LogP contribution in [0.3, 0.4) is 0 Å². The number of hydrogen-bond acceptors (Lipinski definition) is 3. The average Bonchev–Trinajstić information content (AvgIpc) is 2.46. The van der Waals surface area contributed by atoms with E-state index in [0.29, 0.717) is 6.42 Å². The maximum absolute atomic E-state index is 11.3. The Morgan fingerprint density at radius 3 is 2.50 bits per heavy atom. The third-order valence-corrected chi connectivity index (χ3v) is 3.30. The van der Waals surface area contributed by atoms with Crippen molar-refractivity contribution < 1.29 is 9.53 Å². The van der Waals surface area contributed by atoms with Crippen LogP contribution in [-0.2, 0) is 4.79 Å². The van der Waals surface area contributed by atoms with Gasteiger partial charge in [-0.2, -0.15) is 0 Å². The van der Waals surface area contributed by atoms with Crippen LogP contribution >= 0.6 is 0 Å². The summed E-state index contributed by atoms with van der Waals surface area (Å²) in [5.74, 6) is 0.325. The van der Waals surface area contributed by atoms with Crippen molar-refractivity contribution in [3.63, 3.8) is 0 Å². The molecule has 1 aromatic rings. The minimum atomic E-state index is -0.570. The smallest absolute Gasteiger partial charge is 0.258 e. The molecule has 2 unspecified atom stereocenters. The second-order valence-corrected chi connectivity index (χ2v) is 4.87. The van der Waals surface area contributed by atoms with Gasteiger partial charge in [-0.1, -0.05) is 39.0 Å². The maximum atomic E-state index is 11.3. The van der Waals surface area contributed by atoms with E-state index >= 15 is 0 Å². The number of ether oxygens (including phenoxy) is 1. The third-order valence-electron chi connectivity index (χ3n) is 3.30. The van der Waals surface area contributed by atoms with Gasteiger partial charge in [0.15, 0.2) is 6.10 Å². The zero-order valence-electron chi connectivity index (χ0n) is 12.7. The Morgan fingerprint density at radius 2 is 1.95 bits per heavy atom. The van der Waals surface area contributed by atoms with Crippen molar-refractivity contribution in [2.45, 2.75) is 52.2 Å². The summed E-state index contributed by atoms with van der Waals surface area (Å²) >= 11 is 0. The van der Waals surface area contributed by atoms with Gasteiger partial charge in [0, 0.05) is 11.6 Å². The molecule has 4 nitrogen and oxygen atoms in total. The molecule has 0 saturated carbocycles. The molecule has 0 bridgehead atoms. The largest absolute Gasteiger partial charge is 0.480 e. The fourth-order valence-corrected chi connectivity index (χ4v) is 2.16. The molecule has 0 heterocycles. The molecule has 0 saturated heterocycles. The fraction of sp³-hybridized carbons (Fsp3) is 0.562. The van der Waals surface area contributed by atoms with Crippen molar-refractivity contribution in [3.05, 3.63) is 29.8 Å². The molecule has 4 heteroatoms. The van der Waals surface area contributed by atoms with Crippen LogP contribution in [0.15, 0.2) is 24.3 Å². The van der Waals surface area contributed by atoms with Crippen molar-refractivity contribution >= 4 is 5.91 Å². The first kappa shape index (κ1) is 16.5. The van der Waals surface area contributed by atoms with Crippen LogP contribution in [0.25, 0.3) is 0 Å². The molecule has 1 aromatic carbocycles. The Hall–Kier alpha value is -1.55. The lowest BCUT2D eigenvalue weighted by atomic mass is 10.0. The zero-order valence-corrected chi connectivity index (χ0v) is 12.7. The molecule has 0 aliphatic carbocycles. The van der Waals surface area contributed by atoms with Crippen molar-refractivity contribution in [2.75, 3.05) is 6.54 Å². The first-order chi connectivity index (χ1) is 9.63. The molecule has 1 amide bonds. The molecule has 0 spiro atoms. The van der Waals surface area contributed by atoms with Gasteiger partial charge in [-0.05, 0) is 31.9 Å². The van der Waals surface area contributed by atoms with Gasteiger partial charge >= 0.3 is 0 Å². The van der Waals surface area contributed by atoms with Crippen LogP contribution in [0, 0.1) is 0 Å². The summed E-state index contributed by atoms with van der Waals surface area (Å²) in [5, 5.41) is 3.50. The Labute approximate surface area is 121 Å². The maximum Gasteiger partial charge on any atom is 0.258 e. The SMILES string of the molecule is CCCNC(CC)c1ccccc1OC(CC)C(N)=O. The van der Waals surface area contributed by atoms with Crippen LogP contribution < -0.4 is 15.8 Å². The Kier molecular flexibility index (Phi) is 7.09. The average molecular weight is 278 g/mol. The zero-order chi connectivity index (χ0) is 15.0. The van der Waals surface area contributed by atoms with E-state index in [1.165, 1.54) is 0 Å². The molecule has 0 aliphatic heterocycles. The molecule has 1 rings (SSSR count). The second-order valence-electron chi connectivity index (χ2n) is 4.87. The Morgan fingerprint density at radius 1 is 1.25 bits per heavy atom. The number of nitrogens with two attached hydrogens (primary N) is 1. The third kappa shape index (κ3) is 4.53. The van der Waals surface area contributed by atoms with Crippen LogP contribution in [0.4, 0.5) is 0 Å². The van der Waals surface area contributed by atoms with Gasteiger partial charge in [0.05, 0.1) is 0 Å². The number of rotatable bonds is 9. The molecule has 3 N–H and O–H groups in total. The number of nitrogens with one attached hydrogen (secondary N) is 1. The molecule has 2 atom stereocenters. The number of carbonyl (C=O) groups excluding carboxylic acids is 1. The summed E-state index contributed by atoms with van der Waals surface area (Å²) in [6.45, 7) is 7.13. The summed E-state index contributed by atoms with van der Waals surface area (Å²) < 4.78 is 5.80. The number of carbonyl (C=O) groups is 1. The molecule has 0 aliphatic rings. The quantitative estimate of drug-likeness (QED) is 0.730. The Balaban J connectivity index is 2.93. The first-order valence-corrected chi connectivity index (χ1v) is 7.42. The van der Waals surface area contributed by atoms with Crippen LogP contribution in [-0.4, -0.2) is 18.6 Å². The van der Waals surface area contributed by atoms with Gasteiger partial charge in [0.2, 0.25) is 0 Å². The highest BCUT2D eigenvalue weighted by molar-refractivity contribution is 5.79. The van der Waals surface area contributed by atoms with Gasteiger partial charge < -0.3 is 15.8 Å². The fourth-order valence-electron chi connectivity index (χ4n) is 2.16. The van der Waals surface area contributed by atoms with Crippen LogP contribution in [0.5, 0.6) is 5.75 Å². The summed E-state index contributed by atoms with van der Waals surface area (Å²) in [5.41, 5.74) is 6.44. The lowest BCUT2D eigenvalue weighted by molar-refractivity contribution is -0.124. The lowest BCUT2D eigenvalue weighted by Gasteiger charge is -2.22. The molecule has 20 heavy (non-hydrogen) atoms. The number of amides is 1. The highest BCUT2D eigenvalue weighted by Crippen LogP contribution is 2.28. The molecular weight excluding hydrogens is 252 g/mol. The monoisotopic (exact) mass is 278 g/mol. The number of hydrogen-bond donors (Lipinski definition) is 2. The van der Waals surface area contributed by atoms with Gasteiger partial charge in [0.25, 0.3) is 5.91 Å². The van der Waals surface area contributed by atoms with E-state index in [0.717, 1.165) is 30.7 Å². The van der Waals surface area contributed by atoms with Gasteiger partial charge in [-0.25, -0.2) is 0 Å². The van der Waals surface area contributed by atoms with Gasteiger partial charge in [0.1, 0.15) is 5.75 Å². The molecule has 0 aromatic heterocycles. The summed E-state index contributed by atoms with van der Waals surface area (Å²) in [6, 6.07) is 8.08. The predicted octanol–water partition coefficient (Wildman–Crippen LogP) is 2.78. The normalized spacial score (nSPS) is 13.8. The van der Waals surface area contributed by atoms with Crippen molar-refractivity contribution in [1.29, 1.82) is 0 Å². The van der Waals surface area contributed by atoms with E-state index in [9.17, 15) is 4.79 Å². The number of primary amides is 1. The first-order valence-electron chi connectivity index (χ1n) is 7.42. The van der Waals surface area contributed by atoms with Crippen molar-refractivity contribution in [2.24, 2.45) is 5.73 Å². The molecular formula is C16H26N2O2. The van der Waals surface area contributed by atoms with Gasteiger partial charge in [-0.3, -0.25) is 4.79 Å². The number of benzene rings is 1. The van der Waals surface area contributed by atoms with Gasteiger partial charge in [-0.15, -0.1) is 0 Å². The molecule has 112 valence electrons. The van der Waals surface area contributed by atoms with E-state index in [2.05, 4.69) is 19.2 Å². The van der Waals surface area contributed by atoms with E-state index in [1.54, 1.807) is 0 Å². The minimum Gasteiger partial charge on any atom is -0.480 e. The van der Waals surface area contributed by atoms with Crippen LogP contribution in [0.1, 0.15) is 51.6 Å². The lowest BCUT2D eigenvalue weighted by Crippen LogP contribution is -2.33. The summed E-state index contributed by atoms with van der Waals surface area (Å²) in [4.78, 5) is 11.3.